The number of aromatic hydroxyl groups is 3. The SMILES string of the molecule is O=CCCCc1cc(O)c(O)cc1O. The van der Waals surface area contributed by atoms with E-state index in [0.29, 0.717) is 24.8 Å². The summed E-state index contributed by atoms with van der Waals surface area (Å²) >= 11 is 0. The van der Waals surface area contributed by atoms with E-state index in [-0.39, 0.29) is 17.2 Å². The van der Waals surface area contributed by atoms with E-state index in [4.69, 9.17) is 10.2 Å². The molecular weight excluding hydrogens is 184 g/mol. The third-order valence-corrected chi connectivity index (χ3v) is 1.94. The predicted molar refractivity (Wildman–Crippen MR) is 50.4 cm³/mol. The molecule has 0 heterocycles. The molecule has 0 bridgehead atoms. The number of phenolic OH excluding ortho intramolecular Hbond substituents is 3. The quantitative estimate of drug-likeness (QED) is 0.294. The third kappa shape index (κ3) is 2.39. The van der Waals surface area contributed by atoms with Gasteiger partial charge in [0.25, 0.3) is 0 Å². The van der Waals surface area contributed by atoms with E-state index in [9.17, 15) is 9.90 Å². The number of hydrogen-bond donors (Lipinski definition) is 3. The zero-order valence-electron chi connectivity index (χ0n) is 7.60. The van der Waals surface area contributed by atoms with Gasteiger partial charge in [-0.05, 0) is 24.5 Å². The first-order valence-electron chi connectivity index (χ1n) is 4.32. The molecule has 0 aliphatic rings. The van der Waals surface area contributed by atoms with Gasteiger partial charge < -0.3 is 20.1 Å². The molecule has 0 aromatic heterocycles. The molecule has 4 heteroatoms. The molecule has 0 aliphatic carbocycles. The van der Waals surface area contributed by atoms with Crippen LogP contribution in [0.5, 0.6) is 17.2 Å². The molecule has 0 aliphatic heterocycles. The maximum absolute atomic E-state index is 10.0. The first-order chi connectivity index (χ1) is 6.65. The molecule has 1 aromatic carbocycles. The van der Waals surface area contributed by atoms with Crippen molar-refractivity contribution in [1.82, 2.24) is 0 Å². The highest BCUT2D eigenvalue weighted by molar-refractivity contribution is 5.50. The van der Waals surface area contributed by atoms with Crippen molar-refractivity contribution in [2.24, 2.45) is 0 Å². The molecule has 0 saturated heterocycles. The van der Waals surface area contributed by atoms with Gasteiger partial charge in [-0.3, -0.25) is 0 Å². The van der Waals surface area contributed by atoms with Crippen molar-refractivity contribution in [2.45, 2.75) is 19.3 Å². The molecule has 14 heavy (non-hydrogen) atoms. The van der Waals surface area contributed by atoms with Crippen LogP contribution in [0.3, 0.4) is 0 Å². The minimum atomic E-state index is -0.346. The zero-order valence-corrected chi connectivity index (χ0v) is 7.60. The number of phenols is 3. The van der Waals surface area contributed by atoms with Crippen LogP contribution in [0.15, 0.2) is 12.1 Å². The van der Waals surface area contributed by atoms with Crippen molar-refractivity contribution < 1.29 is 20.1 Å². The Morgan fingerprint density at radius 2 is 1.71 bits per heavy atom. The van der Waals surface area contributed by atoms with Crippen LogP contribution in [0.25, 0.3) is 0 Å². The Morgan fingerprint density at radius 1 is 1.07 bits per heavy atom. The number of carbonyl (C=O) groups excluding carboxylic acids is 1. The molecule has 3 N–H and O–H groups in total. The fourth-order valence-electron chi connectivity index (χ4n) is 1.19. The summed E-state index contributed by atoms with van der Waals surface area (Å²) in [7, 11) is 0. The summed E-state index contributed by atoms with van der Waals surface area (Å²) in [5, 5.41) is 27.5. The summed E-state index contributed by atoms with van der Waals surface area (Å²) < 4.78 is 0. The van der Waals surface area contributed by atoms with E-state index in [1.165, 1.54) is 6.07 Å². The molecule has 0 radical (unpaired) electrons. The minimum Gasteiger partial charge on any atom is -0.508 e. The fourth-order valence-corrected chi connectivity index (χ4v) is 1.19. The van der Waals surface area contributed by atoms with Crippen molar-refractivity contribution in [3.8, 4) is 17.2 Å². The number of carbonyl (C=O) groups is 1. The largest absolute Gasteiger partial charge is 0.508 e. The number of hydrogen-bond acceptors (Lipinski definition) is 4. The maximum atomic E-state index is 10.0. The highest BCUT2D eigenvalue weighted by Crippen LogP contribution is 2.32. The Morgan fingerprint density at radius 3 is 2.36 bits per heavy atom. The first kappa shape index (κ1) is 10.4. The molecule has 0 unspecified atom stereocenters. The predicted octanol–water partition coefficient (Wildman–Crippen LogP) is 1.32. The monoisotopic (exact) mass is 196 g/mol. The van der Waals surface area contributed by atoms with E-state index in [2.05, 4.69) is 0 Å². The lowest BCUT2D eigenvalue weighted by atomic mass is 10.1. The molecule has 0 saturated carbocycles. The minimum absolute atomic E-state index is 0.0637. The molecule has 1 aromatic rings. The Labute approximate surface area is 81.4 Å². The second kappa shape index (κ2) is 4.50. The summed E-state index contributed by atoms with van der Waals surface area (Å²) in [4.78, 5) is 10.0. The average Bonchev–Trinajstić information content (AvgIpc) is 2.14. The van der Waals surface area contributed by atoms with Gasteiger partial charge in [0.15, 0.2) is 11.5 Å². The Hall–Kier alpha value is -1.71. The van der Waals surface area contributed by atoms with Gasteiger partial charge in [-0.2, -0.15) is 0 Å². The van der Waals surface area contributed by atoms with Gasteiger partial charge in [0.05, 0.1) is 0 Å². The van der Waals surface area contributed by atoms with Crippen LogP contribution >= 0.6 is 0 Å². The summed E-state index contributed by atoms with van der Waals surface area (Å²) in [5.41, 5.74) is 0.530. The second-order valence-corrected chi connectivity index (χ2v) is 3.03. The van der Waals surface area contributed by atoms with Crippen LogP contribution in [0.4, 0.5) is 0 Å². The molecule has 0 atom stereocenters. The number of aryl methyl sites for hydroxylation is 1. The van der Waals surface area contributed by atoms with Crippen molar-refractivity contribution in [2.75, 3.05) is 0 Å². The van der Waals surface area contributed by atoms with Gasteiger partial charge in [-0.15, -0.1) is 0 Å². The van der Waals surface area contributed by atoms with Crippen LogP contribution in [0.1, 0.15) is 18.4 Å². The molecule has 76 valence electrons. The zero-order chi connectivity index (χ0) is 10.6. The van der Waals surface area contributed by atoms with Gasteiger partial charge in [0.2, 0.25) is 0 Å². The lowest BCUT2D eigenvalue weighted by Gasteiger charge is -2.05. The van der Waals surface area contributed by atoms with E-state index in [1.807, 2.05) is 0 Å². The summed E-state index contributed by atoms with van der Waals surface area (Å²) in [6, 6.07) is 2.39. The molecule has 0 spiro atoms. The van der Waals surface area contributed by atoms with E-state index < -0.39 is 0 Å². The Bertz CT molecular complexity index is 333. The molecule has 1 rings (SSSR count). The van der Waals surface area contributed by atoms with Gasteiger partial charge in [0, 0.05) is 12.5 Å². The van der Waals surface area contributed by atoms with Crippen molar-refractivity contribution in [1.29, 1.82) is 0 Å². The number of unbranched alkanes of at least 4 members (excludes halogenated alkanes) is 1. The topological polar surface area (TPSA) is 77.8 Å². The Balaban J connectivity index is 2.76. The van der Waals surface area contributed by atoms with Crippen molar-refractivity contribution in [3.63, 3.8) is 0 Å². The van der Waals surface area contributed by atoms with Gasteiger partial charge in [0.1, 0.15) is 12.0 Å². The summed E-state index contributed by atoms with van der Waals surface area (Å²) in [6.07, 6.45) is 2.33. The molecule has 0 fully saturated rings. The third-order valence-electron chi connectivity index (χ3n) is 1.94. The fraction of sp³-hybridized carbons (Fsp3) is 0.300. The van der Waals surface area contributed by atoms with E-state index in [1.54, 1.807) is 0 Å². The molecule has 0 amide bonds. The highest BCUT2D eigenvalue weighted by atomic mass is 16.3. The van der Waals surface area contributed by atoms with Crippen molar-refractivity contribution >= 4 is 6.29 Å². The van der Waals surface area contributed by atoms with Crippen LogP contribution < -0.4 is 0 Å². The van der Waals surface area contributed by atoms with E-state index >= 15 is 0 Å². The Kier molecular flexibility index (Phi) is 3.34. The van der Waals surface area contributed by atoms with E-state index in [0.717, 1.165) is 12.4 Å². The summed E-state index contributed by atoms with van der Waals surface area (Å²) in [5.74, 6) is -0.670. The van der Waals surface area contributed by atoms with Crippen LogP contribution in [0.2, 0.25) is 0 Å². The lowest BCUT2D eigenvalue weighted by Crippen LogP contribution is -1.87. The lowest BCUT2D eigenvalue weighted by molar-refractivity contribution is -0.107. The first-order valence-corrected chi connectivity index (χ1v) is 4.32. The van der Waals surface area contributed by atoms with Crippen LogP contribution in [-0.2, 0) is 11.2 Å². The smallest absolute Gasteiger partial charge is 0.161 e. The van der Waals surface area contributed by atoms with Gasteiger partial charge >= 0.3 is 0 Å². The molecular formula is C10H12O4. The van der Waals surface area contributed by atoms with Gasteiger partial charge in [-0.25, -0.2) is 0 Å². The summed E-state index contributed by atoms with van der Waals surface area (Å²) in [6.45, 7) is 0. The van der Waals surface area contributed by atoms with Gasteiger partial charge in [-0.1, -0.05) is 0 Å². The average molecular weight is 196 g/mol. The highest BCUT2D eigenvalue weighted by Gasteiger charge is 2.06. The normalized spacial score (nSPS) is 10.0. The number of rotatable bonds is 4. The standard InChI is InChI=1S/C10H12O4/c11-4-2-1-3-7-5-9(13)10(14)6-8(7)12/h4-6,12-14H,1-3H2. The molecule has 4 nitrogen and oxygen atoms in total. The number of benzene rings is 1. The van der Waals surface area contributed by atoms with Crippen LogP contribution in [0, 0.1) is 0 Å². The maximum Gasteiger partial charge on any atom is 0.161 e. The van der Waals surface area contributed by atoms with Crippen LogP contribution in [-0.4, -0.2) is 21.6 Å². The van der Waals surface area contributed by atoms with Crippen molar-refractivity contribution in [3.05, 3.63) is 17.7 Å². The number of aldehydes is 1. The second-order valence-electron chi connectivity index (χ2n) is 3.03.